The molecule has 62 valence electrons. The van der Waals surface area contributed by atoms with E-state index in [1.54, 1.807) is 0 Å². The van der Waals surface area contributed by atoms with Crippen LogP contribution in [0.2, 0.25) is 0 Å². The van der Waals surface area contributed by atoms with Crippen molar-refractivity contribution in [2.24, 2.45) is 0 Å². The third-order valence-electron chi connectivity index (χ3n) is 1.62. The number of aryl methyl sites for hydroxylation is 2. The second kappa shape index (κ2) is 2.38. The maximum atomic E-state index is 5.69. The summed E-state index contributed by atoms with van der Waals surface area (Å²) in [7, 11) is 0. The number of hydrogen-bond acceptors (Lipinski definition) is 5. The quantitative estimate of drug-likeness (QED) is 0.663. The predicted molar refractivity (Wildman–Crippen MR) is 49.1 cm³/mol. The van der Waals surface area contributed by atoms with Crippen molar-refractivity contribution in [3.05, 3.63) is 11.5 Å². The molecule has 0 aliphatic heterocycles. The Balaban J connectivity index is 2.92. The normalized spacial score (nSPS) is 10.8. The average Bonchev–Trinajstić information content (AvgIpc) is 2.33. The molecule has 2 rings (SSSR count). The lowest BCUT2D eigenvalue weighted by Gasteiger charge is -1.95. The molecule has 0 aliphatic rings. The highest BCUT2D eigenvalue weighted by Crippen LogP contribution is 2.24. The Hall–Kier alpha value is -1.23. The topological polar surface area (TPSA) is 64.7 Å². The zero-order valence-electron chi connectivity index (χ0n) is 6.83. The minimum Gasteiger partial charge on any atom is -0.382 e. The Labute approximate surface area is 73.6 Å². The fourth-order valence-electron chi connectivity index (χ4n) is 1.08. The van der Waals surface area contributed by atoms with E-state index < -0.39 is 0 Å². The highest BCUT2D eigenvalue weighted by molar-refractivity contribution is 7.14. The molecule has 0 unspecified atom stereocenters. The van der Waals surface area contributed by atoms with Gasteiger partial charge >= 0.3 is 0 Å². The third kappa shape index (κ3) is 0.937. The Bertz CT molecular complexity index is 434. The van der Waals surface area contributed by atoms with Gasteiger partial charge in [-0.25, -0.2) is 9.97 Å². The van der Waals surface area contributed by atoms with E-state index in [0.717, 1.165) is 15.9 Å². The molecule has 0 bridgehead atoms. The van der Waals surface area contributed by atoms with Crippen LogP contribution in [-0.2, 0) is 0 Å². The van der Waals surface area contributed by atoms with Crippen LogP contribution in [0.1, 0.15) is 11.5 Å². The molecule has 0 fully saturated rings. The number of nitrogen functional groups attached to an aromatic ring is 1. The summed E-state index contributed by atoms with van der Waals surface area (Å²) in [5.74, 6) is 1.23. The van der Waals surface area contributed by atoms with Crippen molar-refractivity contribution in [3.63, 3.8) is 0 Å². The van der Waals surface area contributed by atoms with E-state index in [9.17, 15) is 0 Å². The zero-order chi connectivity index (χ0) is 8.72. The van der Waals surface area contributed by atoms with E-state index in [2.05, 4.69) is 14.3 Å². The lowest BCUT2D eigenvalue weighted by Crippen LogP contribution is -1.95. The van der Waals surface area contributed by atoms with Gasteiger partial charge in [-0.15, -0.1) is 0 Å². The van der Waals surface area contributed by atoms with Gasteiger partial charge in [0.25, 0.3) is 0 Å². The monoisotopic (exact) mass is 180 g/mol. The molecular formula is C7H8N4S. The maximum absolute atomic E-state index is 5.69. The summed E-state index contributed by atoms with van der Waals surface area (Å²) in [6, 6.07) is 0. The summed E-state index contributed by atoms with van der Waals surface area (Å²) in [6.07, 6.45) is 0. The van der Waals surface area contributed by atoms with E-state index in [1.807, 2.05) is 13.8 Å². The molecule has 0 spiro atoms. The molecule has 2 aromatic rings. The SMILES string of the molecule is Cc1nc(N)c2snc(C)c2n1. The standard InChI is InChI=1S/C7H8N4S/c1-3-5-6(12-11-3)7(8)10-4(2)9-5/h1-2H3,(H2,8,9,10). The second-order valence-electron chi connectivity index (χ2n) is 2.60. The van der Waals surface area contributed by atoms with Crippen molar-refractivity contribution in [2.75, 3.05) is 5.73 Å². The molecule has 0 radical (unpaired) electrons. The van der Waals surface area contributed by atoms with Crippen LogP contribution in [0.15, 0.2) is 0 Å². The third-order valence-corrected chi connectivity index (χ3v) is 2.57. The van der Waals surface area contributed by atoms with Crippen LogP contribution in [0.5, 0.6) is 0 Å². The van der Waals surface area contributed by atoms with Crippen LogP contribution in [0.4, 0.5) is 5.82 Å². The van der Waals surface area contributed by atoms with Crippen molar-refractivity contribution >= 4 is 27.6 Å². The number of nitrogens with two attached hydrogens (primary N) is 1. The largest absolute Gasteiger partial charge is 0.382 e. The van der Waals surface area contributed by atoms with E-state index in [0.29, 0.717) is 11.6 Å². The number of aromatic nitrogens is 3. The first-order valence-electron chi connectivity index (χ1n) is 3.54. The van der Waals surface area contributed by atoms with Gasteiger partial charge in [-0.2, -0.15) is 4.37 Å². The molecule has 2 N–H and O–H groups in total. The molecule has 0 aromatic carbocycles. The first-order valence-corrected chi connectivity index (χ1v) is 4.32. The van der Waals surface area contributed by atoms with E-state index in [1.165, 1.54) is 11.5 Å². The lowest BCUT2D eigenvalue weighted by molar-refractivity contribution is 1.09. The molecular weight excluding hydrogens is 172 g/mol. The number of anilines is 1. The van der Waals surface area contributed by atoms with Gasteiger partial charge in [0.15, 0.2) is 0 Å². The van der Waals surface area contributed by atoms with Crippen LogP contribution in [-0.4, -0.2) is 14.3 Å². The molecule has 2 heterocycles. The molecule has 0 saturated heterocycles. The fourth-order valence-corrected chi connectivity index (χ4v) is 1.81. The first-order chi connectivity index (χ1) is 5.68. The number of rotatable bonds is 0. The summed E-state index contributed by atoms with van der Waals surface area (Å²) < 4.78 is 5.04. The second-order valence-corrected chi connectivity index (χ2v) is 3.38. The Morgan fingerprint density at radius 1 is 1.25 bits per heavy atom. The number of nitrogens with zero attached hydrogens (tertiary/aromatic N) is 3. The van der Waals surface area contributed by atoms with Crippen LogP contribution in [0, 0.1) is 13.8 Å². The van der Waals surface area contributed by atoms with Crippen molar-refractivity contribution in [2.45, 2.75) is 13.8 Å². The summed E-state index contributed by atoms with van der Waals surface area (Å²) >= 11 is 1.35. The maximum Gasteiger partial charge on any atom is 0.146 e. The molecule has 4 nitrogen and oxygen atoms in total. The molecule has 0 amide bonds. The minimum absolute atomic E-state index is 0.531. The highest BCUT2D eigenvalue weighted by Gasteiger charge is 2.07. The summed E-state index contributed by atoms with van der Waals surface area (Å²) in [5, 5.41) is 0. The molecule has 12 heavy (non-hydrogen) atoms. The molecule has 5 heteroatoms. The van der Waals surface area contributed by atoms with Crippen molar-refractivity contribution in [1.82, 2.24) is 14.3 Å². The smallest absolute Gasteiger partial charge is 0.146 e. The minimum atomic E-state index is 0.531. The van der Waals surface area contributed by atoms with Gasteiger partial charge in [0.2, 0.25) is 0 Å². The first kappa shape index (κ1) is 7.42. The van der Waals surface area contributed by atoms with E-state index >= 15 is 0 Å². The highest BCUT2D eigenvalue weighted by atomic mass is 32.1. The molecule has 0 saturated carbocycles. The van der Waals surface area contributed by atoms with Gasteiger partial charge in [-0.3, -0.25) is 0 Å². The van der Waals surface area contributed by atoms with Gasteiger partial charge in [0.1, 0.15) is 21.9 Å². The number of fused-ring (bicyclic) bond motifs is 1. The van der Waals surface area contributed by atoms with Crippen LogP contribution < -0.4 is 5.73 Å². The van der Waals surface area contributed by atoms with Crippen molar-refractivity contribution in [1.29, 1.82) is 0 Å². The van der Waals surface area contributed by atoms with Gasteiger partial charge in [-0.05, 0) is 25.4 Å². The van der Waals surface area contributed by atoms with E-state index in [-0.39, 0.29) is 0 Å². The van der Waals surface area contributed by atoms with Gasteiger partial charge in [0, 0.05) is 0 Å². The molecule has 2 aromatic heterocycles. The van der Waals surface area contributed by atoms with E-state index in [4.69, 9.17) is 5.73 Å². The summed E-state index contributed by atoms with van der Waals surface area (Å²) in [5.41, 5.74) is 7.49. The van der Waals surface area contributed by atoms with Crippen LogP contribution >= 0.6 is 11.5 Å². The van der Waals surface area contributed by atoms with Gasteiger partial charge < -0.3 is 5.73 Å². The van der Waals surface area contributed by atoms with Crippen LogP contribution in [0.3, 0.4) is 0 Å². The Morgan fingerprint density at radius 3 is 2.75 bits per heavy atom. The Morgan fingerprint density at radius 2 is 2.00 bits per heavy atom. The molecule has 0 aliphatic carbocycles. The van der Waals surface area contributed by atoms with Crippen molar-refractivity contribution < 1.29 is 0 Å². The fraction of sp³-hybridized carbons (Fsp3) is 0.286. The van der Waals surface area contributed by atoms with Crippen LogP contribution in [0.25, 0.3) is 10.2 Å². The van der Waals surface area contributed by atoms with Gasteiger partial charge in [0.05, 0.1) is 5.69 Å². The summed E-state index contributed by atoms with van der Waals surface area (Å²) in [4.78, 5) is 8.30. The lowest BCUT2D eigenvalue weighted by atomic mass is 10.3. The average molecular weight is 180 g/mol. The van der Waals surface area contributed by atoms with Crippen molar-refractivity contribution in [3.8, 4) is 0 Å². The number of hydrogen-bond donors (Lipinski definition) is 1. The summed E-state index contributed by atoms with van der Waals surface area (Å²) in [6.45, 7) is 3.75. The predicted octanol–water partition coefficient (Wildman–Crippen LogP) is 1.29. The zero-order valence-corrected chi connectivity index (χ0v) is 7.64. The molecule has 0 atom stereocenters. The Kier molecular flexibility index (Phi) is 1.47. The van der Waals surface area contributed by atoms with Gasteiger partial charge in [-0.1, -0.05) is 0 Å².